The highest BCUT2D eigenvalue weighted by atomic mass is 79.9. The van der Waals surface area contributed by atoms with Crippen molar-refractivity contribution in [3.8, 4) is 0 Å². The molecule has 164 valence electrons. The largest absolute Gasteiger partial charge is 0.468 e. The first kappa shape index (κ1) is 23.0. The molecular formula is C20H22Br2O8. The van der Waals surface area contributed by atoms with Crippen molar-refractivity contribution in [1.29, 1.82) is 0 Å². The van der Waals surface area contributed by atoms with Gasteiger partial charge in [0.1, 0.15) is 0 Å². The fourth-order valence-electron chi connectivity index (χ4n) is 5.16. The molecule has 3 rings (SSSR count). The molecular weight excluding hydrogens is 528 g/mol. The Hall–Kier alpha value is -1.68. The molecule has 0 saturated heterocycles. The number of halogens is 2. The lowest BCUT2D eigenvalue weighted by Crippen LogP contribution is -2.40. The van der Waals surface area contributed by atoms with Crippen LogP contribution in [0.5, 0.6) is 0 Å². The molecule has 3 aliphatic carbocycles. The van der Waals surface area contributed by atoms with E-state index in [1.807, 2.05) is 0 Å². The maximum Gasteiger partial charge on any atom is 0.323 e. The van der Waals surface area contributed by atoms with Gasteiger partial charge in [-0.25, -0.2) is 0 Å². The second-order valence-corrected chi connectivity index (χ2v) is 9.37. The highest BCUT2D eigenvalue weighted by molar-refractivity contribution is 9.15. The lowest BCUT2D eigenvalue weighted by molar-refractivity contribution is -0.171. The third kappa shape index (κ3) is 3.05. The van der Waals surface area contributed by atoms with Crippen molar-refractivity contribution in [1.82, 2.24) is 0 Å². The van der Waals surface area contributed by atoms with Crippen LogP contribution in [0.3, 0.4) is 0 Å². The number of carbonyl (C=O) groups excluding carboxylic acids is 4. The first-order chi connectivity index (χ1) is 14.1. The molecule has 0 aliphatic heterocycles. The third-order valence-electron chi connectivity index (χ3n) is 6.56. The van der Waals surface area contributed by atoms with Crippen LogP contribution in [-0.2, 0) is 38.1 Å². The lowest BCUT2D eigenvalue weighted by Gasteiger charge is -2.29. The van der Waals surface area contributed by atoms with E-state index in [0.717, 1.165) is 11.1 Å². The van der Waals surface area contributed by atoms with Crippen molar-refractivity contribution in [2.75, 3.05) is 28.4 Å². The Morgan fingerprint density at radius 3 is 1.17 bits per heavy atom. The second kappa shape index (κ2) is 8.11. The number of methoxy groups -OCH3 is 4. The molecule has 2 atom stereocenters. The van der Waals surface area contributed by atoms with Gasteiger partial charge in [0, 0.05) is 8.96 Å². The number of hydrogen-bond donors (Lipinski definition) is 0. The summed E-state index contributed by atoms with van der Waals surface area (Å²) < 4.78 is 21.2. The first-order valence-electron chi connectivity index (χ1n) is 9.24. The summed E-state index contributed by atoms with van der Waals surface area (Å²) in [6, 6.07) is 0. The topological polar surface area (TPSA) is 105 Å². The normalized spacial score (nSPS) is 25.9. The predicted molar refractivity (Wildman–Crippen MR) is 110 cm³/mol. The van der Waals surface area contributed by atoms with E-state index in [4.69, 9.17) is 18.9 Å². The molecule has 0 aromatic heterocycles. The molecule has 0 N–H and O–H groups in total. The molecule has 0 unspecified atom stereocenters. The van der Waals surface area contributed by atoms with Gasteiger partial charge in [-0.15, -0.1) is 0 Å². The number of ether oxygens (including phenoxy) is 4. The van der Waals surface area contributed by atoms with Crippen LogP contribution < -0.4 is 0 Å². The van der Waals surface area contributed by atoms with Crippen LogP contribution in [-0.4, -0.2) is 52.3 Å². The Balaban J connectivity index is 2.10. The zero-order valence-electron chi connectivity index (χ0n) is 17.0. The number of esters is 4. The van der Waals surface area contributed by atoms with E-state index in [-0.39, 0.29) is 37.5 Å². The van der Waals surface area contributed by atoms with Crippen LogP contribution in [0.25, 0.3) is 0 Å². The summed E-state index contributed by atoms with van der Waals surface area (Å²) in [6.07, 6.45) is 0.563. The van der Waals surface area contributed by atoms with Crippen LogP contribution >= 0.6 is 31.9 Å². The van der Waals surface area contributed by atoms with Crippen LogP contribution in [0, 0.1) is 22.7 Å². The Labute approximate surface area is 190 Å². The molecule has 10 heteroatoms. The fraction of sp³-hybridized carbons (Fsp3) is 0.600. The zero-order chi connectivity index (χ0) is 22.4. The minimum absolute atomic E-state index is 0.125. The summed E-state index contributed by atoms with van der Waals surface area (Å²) >= 11 is 7.15. The third-order valence-corrected chi connectivity index (χ3v) is 8.91. The Bertz CT molecular complexity index is 783. The molecule has 8 nitrogen and oxygen atoms in total. The Kier molecular flexibility index (Phi) is 6.21. The smallest absolute Gasteiger partial charge is 0.323 e. The maximum atomic E-state index is 12.7. The summed E-state index contributed by atoms with van der Waals surface area (Å²) in [6.45, 7) is 0. The average molecular weight is 550 g/mol. The van der Waals surface area contributed by atoms with Gasteiger partial charge in [0.25, 0.3) is 0 Å². The van der Waals surface area contributed by atoms with Crippen molar-refractivity contribution >= 4 is 55.7 Å². The van der Waals surface area contributed by atoms with Crippen LogP contribution in [0.15, 0.2) is 20.1 Å². The highest BCUT2D eigenvalue weighted by Crippen LogP contribution is 2.63. The van der Waals surface area contributed by atoms with Gasteiger partial charge in [0.2, 0.25) is 0 Å². The Morgan fingerprint density at radius 1 is 0.667 bits per heavy atom. The number of hydrogen-bond acceptors (Lipinski definition) is 8. The van der Waals surface area contributed by atoms with Crippen LogP contribution in [0.2, 0.25) is 0 Å². The van der Waals surface area contributed by atoms with Gasteiger partial charge in [-0.2, -0.15) is 0 Å². The minimum atomic E-state index is -1.48. The number of fused-ring (bicyclic) bond motifs is 3. The lowest BCUT2D eigenvalue weighted by atomic mass is 9.77. The van der Waals surface area contributed by atoms with Gasteiger partial charge < -0.3 is 18.9 Å². The molecule has 30 heavy (non-hydrogen) atoms. The molecule has 0 aromatic rings. The molecule has 0 radical (unpaired) electrons. The summed E-state index contributed by atoms with van der Waals surface area (Å²) in [7, 11) is 4.92. The summed E-state index contributed by atoms with van der Waals surface area (Å²) in [5, 5.41) is 0. The van der Waals surface area contributed by atoms with E-state index in [2.05, 4.69) is 31.9 Å². The van der Waals surface area contributed by atoms with E-state index < -0.39 is 34.7 Å². The van der Waals surface area contributed by atoms with E-state index >= 15 is 0 Å². The molecule has 0 amide bonds. The van der Waals surface area contributed by atoms with Gasteiger partial charge in [-0.3, -0.25) is 19.2 Å². The molecule has 2 fully saturated rings. The summed E-state index contributed by atoms with van der Waals surface area (Å²) in [4.78, 5) is 50.6. The molecule has 3 aliphatic rings. The Morgan fingerprint density at radius 2 is 0.933 bits per heavy atom. The molecule has 0 spiro atoms. The van der Waals surface area contributed by atoms with Gasteiger partial charge in [0.15, 0.2) is 10.8 Å². The van der Waals surface area contributed by atoms with Crippen molar-refractivity contribution in [3.05, 3.63) is 20.1 Å². The summed E-state index contributed by atoms with van der Waals surface area (Å²) in [5.74, 6) is -3.19. The number of allylic oxidation sites excluding steroid dienone is 4. The molecule has 0 heterocycles. The standard InChI is InChI=1S/C20H22Br2O8/c1-27-15(23)19(16(24)28-2)5-9-10-6-20(17(25)29-3,18(26)30-4)8-12(10)14(22)13(21)11(9)7-19/h9-10H,5-8H2,1-4H3/t9-,10-/m0/s1. The first-order valence-corrected chi connectivity index (χ1v) is 10.8. The SMILES string of the molecule is COC(=O)C1(C(=O)OC)CC2=C(Br)C(Br)=C3CC(C(=O)OC)(C(=O)OC)C[C@H]3[C@@H]2C1. The van der Waals surface area contributed by atoms with Gasteiger partial charge >= 0.3 is 23.9 Å². The highest BCUT2D eigenvalue weighted by Gasteiger charge is 2.64. The summed E-state index contributed by atoms with van der Waals surface area (Å²) in [5.41, 5.74) is -1.27. The molecule has 2 saturated carbocycles. The van der Waals surface area contributed by atoms with Gasteiger partial charge in [-0.05, 0) is 80.5 Å². The minimum Gasteiger partial charge on any atom is -0.468 e. The molecule has 0 aromatic carbocycles. The van der Waals surface area contributed by atoms with E-state index in [0.29, 0.717) is 8.96 Å². The van der Waals surface area contributed by atoms with E-state index in [1.54, 1.807) is 0 Å². The quantitative estimate of drug-likeness (QED) is 0.299. The van der Waals surface area contributed by atoms with E-state index in [1.165, 1.54) is 28.4 Å². The van der Waals surface area contributed by atoms with Crippen molar-refractivity contribution in [2.45, 2.75) is 25.7 Å². The second-order valence-electron chi connectivity index (χ2n) is 7.78. The zero-order valence-corrected chi connectivity index (χ0v) is 20.2. The van der Waals surface area contributed by atoms with E-state index in [9.17, 15) is 19.2 Å². The van der Waals surface area contributed by atoms with Crippen LogP contribution in [0.4, 0.5) is 0 Å². The predicted octanol–water partition coefficient (Wildman–Crippen LogP) is 2.78. The van der Waals surface area contributed by atoms with Gasteiger partial charge in [0.05, 0.1) is 28.4 Å². The monoisotopic (exact) mass is 548 g/mol. The van der Waals surface area contributed by atoms with Crippen LogP contribution in [0.1, 0.15) is 25.7 Å². The van der Waals surface area contributed by atoms with Crippen molar-refractivity contribution < 1.29 is 38.1 Å². The maximum absolute atomic E-state index is 12.7. The molecule has 0 bridgehead atoms. The number of carbonyl (C=O) groups is 4. The van der Waals surface area contributed by atoms with Gasteiger partial charge in [-0.1, -0.05) is 0 Å². The fourth-order valence-corrected chi connectivity index (χ4v) is 6.53. The number of rotatable bonds is 4. The average Bonchev–Trinajstić information content (AvgIpc) is 3.36. The van der Waals surface area contributed by atoms with Crippen molar-refractivity contribution in [2.24, 2.45) is 22.7 Å². The van der Waals surface area contributed by atoms with Crippen molar-refractivity contribution in [3.63, 3.8) is 0 Å².